The number of aliphatic hydroxyl groups excluding tert-OH is 10. The molecule has 21 nitrogen and oxygen atoms in total. The van der Waals surface area contributed by atoms with E-state index >= 15 is 0 Å². The van der Waals surface area contributed by atoms with E-state index in [2.05, 4.69) is 0 Å². The maximum Gasteiger partial charge on any atom is 0.239 e. The van der Waals surface area contributed by atoms with E-state index in [-0.39, 0.29) is 16.9 Å². The molecule has 3 aliphatic heterocycles. The molecule has 4 heterocycles. The van der Waals surface area contributed by atoms with Crippen LogP contribution in [-0.4, -0.2) is 172 Å². The molecule has 15 atom stereocenters. The smallest absolute Gasteiger partial charge is 0.239 e. The van der Waals surface area contributed by atoms with Gasteiger partial charge in [0.1, 0.15) is 89.6 Å². The molecule has 8 unspecified atom stereocenters. The Morgan fingerprint density at radius 3 is 1.89 bits per heavy atom. The second kappa shape index (κ2) is 15.7. The van der Waals surface area contributed by atoms with Crippen LogP contribution in [0.5, 0.6) is 28.7 Å². The number of hydrogen-bond acceptors (Lipinski definition) is 21. The average Bonchev–Trinajstić information content (AvgIpc) is 3.13. The number of aromatic hydroxyl groups is 3. The van der Waals surface area contributed by atoms with Gasteiger partial charge in [0.15, 0.2) is 23.5 Å². The van der Waals surface area contributed by atoms with Crippen molar-refractivity contribution in [3.63, 3.8) is 0 Å². The Morgan fingerprint density at radius 2 is 1.24 bits per heavy atom. The van der Waals surface area contributed by atoms with Crippen molar-refractivity contribution in [3.05, 3.63) is 40.6 Å². The zero-order valence-corrected chi connectivity index (χ0v) is 28.0. The first-order valence-electron chi connectivity index (χ1n) is 16.5. The number of phenols is 3. The summed E-state index contributed by atoms with van der Waals surface area (Å²) >= 11 is 0. The summed E-state index contributed by atoms with van der Waals surface area (Å²) in [5, 5.41) is 134. The van der Waals surface area contributed by atoms with Crippen LogP contribution in [0.25, 0.3) is 22.3 Å². The highest BCUT2D eigenvalue weighted by Crippen LogP contribution is 2.40. The Balaban J connectivity index is 1.31. The van der Waals surface area contributed by atoms with Crippen molar-refractivity contribution in [2.24, 2.45) is 0 Å². The van der Waals surface area contributed by atoms with Gasteiger partial charge in [0, 0.05) is 17.7 Å². The van der Waals surface area contributed by atoms with Crippen molar-refractivity contribution >= 4 is 11.0 Å². The lowest BCUT2D eigenvalue weighted by Crippen LogP contribution is -2.61. The Morgan fingerprint density at radius 1 is 0.648 bits per heavy atom. The molecule has 54 heavy (non-hydrogen) atoms. The van der Waals surface area contributed by atoms with Gasteiger partial charge < -0.3 is 99.2 Å². The van der Waals surface area contributed by atoms with Crippen molar-refractivity contribution in [2.75, 3.05) is 13.2 Å². The van der Waals surface area contributed by atoms with Gasteiger partial charge in [-0.25, -0.2) is 0 Å². The predicted molar refractivity (Wildman–Crippen MR) is 173 cm³/mol. The van der Waals surface area contributed by atoms with E-state index < -0.39 is 145 Å². The van der Waals surface area contributed by atoms with Gasteiger partial charge in [0.05, 0.1) is 19.3 Å². The first-order valence-corrected chi connectivity index (χ1v) is 16.5. The molecule has 3 aliphatic rings. The monoisotopic (exact) mass is 772 g/mol. The molecule has 0 aliphatic carbocycles. The number of aliphatic hydroxyl groups is 10. The second-order valence-corrected chi connectivity index (χ2v) is 13.1. The Bertz CT molecular complexity index is 1850. The van der Waals surface area contributed by atoms with Gasteiger partial charge in [0.2, 0.25) is 23.8 Å². The number of rotatable bonds is 9. The van der Waals surface area contributed by atoms with Crippen LogP contribution in [0.15, 0.2) is 39.5 Å². The third-order valence-electron chi connectivity index (χ3n) is 9.37. The van der Waals surface area contributed by atoms with Crippen LogP contribution in [0.1, 0.15) is 6.92 Å². The van der Waals surface area contributed by atoms with Crippen molar-refractivity contribution in [1.29, 1.82) is 0 Å². The molecule has 13 N–H and O–H groups in total. The number of hydrogen-bond donors (Lipinski definition) is 13. The molecular weight excluding hydrogens is 732 g/mol. The van der Waals surface area contributed by atoms with E-state index in [9.17, 15) is 71.2 Å². The highest BCUT2D eigenvalue weighted by atomic mass is 16.7. The molecule has 1 aromatic heterocycles. The first kappa shape index (κ1) is 39.8. The zero-order valence-electron chi connectivity index (χ0n) is 28.0. The number of phenolic OH excluding ortho intramolecular Hbond substituents is 3. The average molecular weight is 773 g/mol. The van der Waals surface area contributed by atoms with Crippen molar-refractivity contribution in [2.45, 2.75) is 99.0 Å². The number of ether oxygens (including phenoxy) is 6. The molecule has 0 saturated carbocycles. The fourth-order valence-corrected chi connectivity index (χ4v) is 6.22. The van der Waals surface area contributed by atoms with Gasteiger partial charge in [-0.2, -0.15) is 0 Å². The fraction of sp³-hybridized carbons (Fsp3) is 0.545. The topological polar surface area (TPSA) is 349 Å². The normalized spacial score (nSPS) is 37.3. The highest BCUT2D eigenvalue weighted by Gasteiger charge is 2.48. The fourth-order valence-electron chi connectivity index (χ4n) is 6.22. The maximum absolute atomic E-state index is 13.9. The molecule has 3 aromatic rings. The summed E-state index contributed by atoms with van der Waals surface area (Å²) in [6, 6.07) is 5.11. The van der Waals surface area contributed by atoms with Crippen LogP contribution < -0.4 is 14.9 Å². The van der Waals surface area contributed by atoms with Crippen LogP contribution in [0.4, 0.5) is 0 Å². The largest absolute Gasteiger partial charge is 0.508 e. The summed E-state index contributed by atoms with van der Waals surface area (Å²) in [6.07, 6.45) is -25.1. The summed E-state index contributed by atoms with van der Waals surface area (Å²) in [5.41, 5.74) is -1.62. The van der Waals surface area contributed by atoms with E-state index in [1.807, 2.05) is 0 Å². The van der Waals surface area contributed by atoms with E-state index in [4.69, 9.17) is 32.8 Å². The molecule has 0 amide bonds. The van der Waals surface area contributed by atoms with E-state index in [1.165, 1.54) is 13.0 Å². The van der Waals surface area contributed by atoms with Crippen molar-refractivity contribution in [1.82, 2.24) is 0 Å². The summed E-state index contributed by atoms with van der Waals surface area (Å²) < 4.78 is 38.9. The summed E-state index contributed by atoms with van der Waals surface area (Å²) in [7, 11) is 0. The molecule has 21 heteroatoms. The lowest BCUT2D eigenvalue weighted by molar-refractivity contribution is -0.318. The van der Waals surface area contributed by atoms with Gasteiger partial charge in [-0.1, -0.05) is 0 Å². The Hall–Kier alpha value is -3.91. The second-order valence-electron chi connectivity index (χ2n) is 13.1. The quantitative estimate of drug-likeness (QED) is 0.0980. The van der Waals surface area contributed by atoms with E-state index in [0.29, 0.717) is 0 Å². The van der Waals surface area contributed by atoms with Gasteiger partial charge in [0.25, 0.3) is 0 Å². The molecule has 0 bridgehead atoms. The Kier molecular flexibility index (Phi) is 11.5. The molecule has 0 spiro atoms. The highest BCUT2D eigenvalue weighted by molar-refractivity contribution is 5.88. The molecule has 3 fully saturated rings. The summed E-state index contributed by atoms with van der Waals surface area (Å²) in [4.78, 5) is 13.9. The number of benzene rings is 2. The zero-order chi connectivity index (χ0) is 39.3. The lowest BCUT2D eigenvalue weighted by Gasteiger charge is -2.42. The van der Waals surface area contributed by atoms with Crippen LogP contribution in [-0.2, 0) is 18.9 Å². The molecule has 2 aromatic carbocycles. The minimum Gasteiger partial charge on any atom is -0.508 e. The third-order valence-corrected chi connectivity index (χ3v) is 9.37. The maximum atomic E-state index is 13.9. The standard InChI is InChI=1S/C33H40O21/c1-9-19(38)23(42)26(45)31(49-9)48-8-17-21(40)25(44)28(47)33(53-17)54-30-22(41)18-13(37)5-11(35)6-15(18)50-29(30)10-2-3-14(12(36)4-10)51-32-27(46)24(43)20(39)16(7-34)52-32/h2-6,9,16-17,19-21,23-28,31-40,42-47H,7-8H2,1H3/t9?,16?,17?,19-,20+,21+,23-,24?,25?,26?,27?,28?,31+,32+,33-/m0/s1. The van der Waals surface area contributed by atoms with Crippen LogP contribution in [0.2, 0.25) is 0 Å². The van der Waals surface area contributed by atoms with Crippen LogP contribution >= 0.6 is 0 Å². The number of fused-ring (bicyclic) bond motifs is 1. The SMILES string of the molecule is CC1O[C@@H](OCC2O[C@@H](Oc3c(-c4ccc(O[C@@H]5OC(CO)[C@@H](O)C(O)C5O)c(O)c4)oc4cc(O)cc(O)c4c3=O)C(O)C(O)[C@@H]2O)C(O)[C@@H](O)[C@H]1O. The van der Waals surface area contributed by atoms with Crippen molar-refractivity contribution in [3.8, 4) is 40.1 Å². The van der Waals surface area contributed by atoms with E-state index in [1.54, 1.807) is 0 Å². The third kappa shape index (κ3) is 7.39. The van der Waals surface area contributed by atoms with Gasteiger partial charge >= 0.3 is 0 Å². The van der Waals surface area contributed by atoms with Crippen molar-refractivity contribution < 1.29 is 99.2 Å². The minimum absolute atomic E-state index is 0.144. The molecule has 6 rings (SSSR count). The van der Waals surface area contributed by atoms with Gasteiger partial charge in [-0.05, 0) is 25.1 Å². The minimum atomic E-state index is -2.05. The summed E-state index contributed by atoms with van der Waals surface area (Å²) in [5.74, 6) is -3.59. The molecular formula is C33H40O21. The molecule has 0 radical (unpaired) electrons. The Labute approximate surface area is 303 Å². The summed E-state index contributed by atoms with van der Waals surface area (Å²) in [6.45, 7) is -0.0102. The van der Waals surface area contributed by atoms with E-state index in [0.717, 1.165) is 24.3 Å². The van der Waals surface area contributed by atoms with Gasteiger partial charge in [-0.3, -0.25) is 4.79 Å². The first-order chi connectivity index (χ1) is 25.5. The predicted octanol–water partition coefficient (Wildman–Crippen LogP) is -4.21. The van der Waals surface area contributed by atoms with Gasteiger partial charge in [-0.15, -0.1) is 0 Å². The van der Waals surface area contributed by atoms with Crippen LogP contribution in [0, 0.1) is 0 Å². The molecule has 3 saturated heterocycles. The van der Waals surface area contributed by atoms with Crippen LogP contribution in [0.3, 0.4) is 0 Å². The molecule has 298 valence electrons. The lowest BCUT2D eigenvalue weighted by atomic mass is 9.98.